The Hall–Kier alpha value is -0.610. The van der Waals surface area contributed by atoms with Gasteiger partial charge in [0, 0.05) is 19.1 Å². The topological polar surface area (TPSA) is 58.4 Å². The summed E-state index contributed by atoms with van der Waals surface area (Å²) in [6, 6.07) is 0.310. The van der Waals surface area contributed by atoms with Gasteiger partial charge < -0.3 is 11.1 Å². The fourth-order valence-electron chi connectivity index (χ4n) is 2.06. The average molecular weight is 227 g/mol. The zero-order valence-corrected chi connectivity index (χ0v) is 10.7. The van der Waals surface area contributed by atoms with Gasteiger partial charge in [0.25, 0.3) is 0 Å². The van der Waals surface area contributed by atoms with Crippen LogP contribution in [-0.4, -0.2) is 42.5 Å². The monoisotopic (exact) mass is 227 g/mol. The summed E-state index contributed by atoms with van der Waals surface area (Å²) in [6.07, 6.45) is 2.00. The molecular formula is C12H25N3O. The summed E-state index contributed by atoms with van der Waals surface area (Å²) < 4.78 is 0. The molecule has 1 aliphatic rings. The molecule has 1 heterocycles. The maximum atomic E-state index is 11.9. The lowest BCUT2D eigenvalue weighted by atomic mass is 9.98. The molecular weight excluding hydrogens is 202 g/mol. The van der Waals surface area contributed by atoms with Gasteiger partial charge in [0.1, 0.15) is 0 Å². The van der Waals surface area contributed by atoms with Gasteiger partial charge in [-0.25, -0.2) is 0 Å². The fraction of sp³-hybridized carbons (Fsp3) is 0.917. The molecule has 1 rings (SSSR count). The van der Waals surface area contributed by atoms with Gasteiger partial charge in [0.05, 0.1) is 6.04 Å². The lowest BCUT2D eigenvalue weighted by molar-refractivity contribution is -0.129. The van der Waals surface area contributed by atoms with Gasteiger partial charge in [0.2, 0.25) is 5.91 Å². The highest BCUT2D eigenvalue weighted by atomic mass is 16.2. The number of nitrogens with zero attached hydrogens (tertiary/aromatic N) is 1. The van der Waals surface area contributed by atoms with Crippen molar-refractivity contribution in [3.63, 3.8) is 0 Å². The second-order valence-corrected chi connectivity index (χ2v) is 4.75. The van der Waals surface area contributed by atoms with Crippen LogP contribution in [0.15, 0.2) is 0 Å². The van der Waals surface area contributed by atoms with E-state index in [4.69, 9.17) is 5.73 Å². The number of carbonyl (C=O) groups excluding carboxylic acids is 1. The molecule has 3 N–H and O–H groups in total. The SMILES string of the molecule is CCC(CC)NC(=O)C(C)N1CC(CN)C1. The normalized spacial score (nSPS) is 19.6. The average Bonchev–Trinajstić information content (AvgIpc) is 2.23. The summed E-state index contributed by atoms with van der Waals surface area (Å²) in [6.45, 7) is 8.85. The summed E-state index contributed by atoms with van der Waals surface area (Å²) in [5, 5.41) is 3.09. The first-order valence-corrected chi connectivity index (χ1v) is 6.36. The van der Waals surface area contributed by atoms with Crippen molar-refractivity contribution in [2.24, 2.45) is 11.7 Å². The molecule has 1 fully saturated rings. The first-order chi connectivity index (χ1) is 7.62. The minimum absolute atomic E-state index is 0.0107. The Labute approximate surface area is 98.6 Å². The number of carbonyl (C=O) groups is 1. The molecule has 0 bridgehead atoms. The second kappa shape index (κ2) is 6.21. The highest BCUT2D eigenvalue weighted by molar-refractivity contribution is 5.81. The molecule has 1 unspecified atom stereocenters. The van der Waals surface area contributed by atoms with E-state index in [9.17, 15) is 4.79 Å². The summed E-state index contributed by atoms with van der Waals surface area (Å²) in [5.41, 5.74) is 5.57. The number of amides is 1. The molecule has 0 spiro atoms. The fourth-order valence-corrected chi connectivity index (χ4v) is 2.06. The van der Waals surface area contributed by atoms with Gasteiger partial charge in [-0.05, 0) is 32.2 Å². The molecule has 0 aromatic rings. The number of hydrogen-bond acceptors (Lipinski definition) is 3. The first kappa shape index (κ1) is 13.5. The highest BCUT2D eigenvalue weighted by Crippen LogP contribution is 2.17. The molecule has 1 atom stereocenters. The van der Waals surface area contributed by atoms with Crippen LogP contribution in [0.4, 0.5) is 0 Å². The van der Waals surface area contributed by atoms with Crippen molar-refractivity contribution in [2.45, 2.75) is 45.7 Å². The Morgan fingerprint density at radius 1 is 1.44 bits per heavy atom. The van der Waals surface area contributed by atoms with E-state index in [0.717, 1.165) is 32.5 Å². The Morgan fingerprint density at radius 3 is 2.44 bits per heavy atom. The molecule has 94 valence electrons. The third-order valence-corrected chi connectivity index (χ3v) is 3.58. The summed E-state index contributed by atoms with van der Waals surface area (Å²) in [7, 11) is 0. The van der Waals surface area contributed by atoms with Gasteiger partial charge >= 0.3 is 0 Å². The Bertz CT molecular complexity index is 222. The Morgan fingerprint density at radius 2 is 2.00 bits per heavy atom. The largest absolute Gasteiger partial charge is 0.352 e. The van der Waals surface area contributed by atoms with Gasteiger partial charge in [-0.15, -0.1) is 0 Å². The predicted octanol–water partition coefficient (Wildman–Crippen LogP) is 0.570. The molecule has 4 heteroatoms. The number of likely N-dealkylation sites (tertiary alicyclic amines) is 1. The van der Waals surface area contributed by atoms with E-state index in [1.54, 1.807) is 0 Å². The number of rotatable bonds is 6. The van der Waals surface area contributed by atoms with E-state index in [0.29, 0.717) is 12.0 Å². The molecule has 0 aromatic heterocycles. The van der Waals surface area contributed by atoms with Crippen LogP contribution in [0.5, 0.6) is 0 Å². The van der Waals surface area contributed by atoms with E-state index < -0.39 is 0 Å². The summed E-state index contributed by atoms with van der Waals surface area (Å²) in [5.74, 6) is 0.743. The van der Waals surface area contributed by atoms with Crippen LogP contribution in [0.1, 0.15) is 33.6 Å². The van der Waals surface area contributed by atoms with E-state index in [2.05, 4.69) is 24.1 Å². The Kier molecular flexibility index (Phi) is 5.22. The van der Waals surface area contributed by atoms with Crippen molar-refractivity contribution in [1.29, 1.82) is 0 Å². The smallest absolute Gasteiger partial charge is 0.237 e. The van der Waals surface area contributed by atoms with Crippen LogP contribution >= 0.6 is 0 Å². The quantitative estimate of drug-likeness (QED) is 0.697. The van der Waals surface area contributed by atoms with Gasteiger partial charge in [0.15, 0.2) is 0 Å². The molecule has 0 saturated carbocycles. The minimum atomic E-state index is -0.0107. The van der Waals surface area contributed by atoms with Crippen LogP contribution in [0.25, 0.3) is 0 Å². The maximum absolute atomic E-state index is 11.9. The maximum Gasteiger partial charge on any atom is 0.237 e. The lowest BCUT2D eigenvalue weighted by Crippen LogP contribution is -2.58. The third-order valence-electron chi connectivity index (χ3n) is 3.58. The van der Waals surface area contributed by atoms with Crippen molar-refractivity contribution in [1.82, 2.24) is 10.2 Å². The molecule has 16 heavy (non-hydrogen) atoms. The summed E-state index contributed by atoms with van der Waals surface area (Å²) >= 11 is 0. The van der Waals surface area contributed by atoms with Crippen molar-refractivity contribution in [3.8, 4) is 0 Å². The molecule has 0 aliphatic carbocycles. The van der Waals surface area contributed by atoms with Gasteiger partial charge in [-0.1, -0.05) is 13.8 Å². The number of hydrogen-bond donors (Lipinski definition) is 2. The zero-order chi connectivity index (χ0) is 12.1. The molecule has 1 amide bonds. The molecule has 0 aromatic carbocycles. The second-order valence-electron chi connectivity index (χ2n) is 4.75. The van der Waals surface area contributed by atoms with Crippen LogP contribution < -0.4 is 11.1 Å². The van der Waals surface area contributed by atoms with Crippen LogP contribution in [0.2, 0.25) is 0 Å². The minimum Gasteiger partial charge on any atom is -0.352 e. The van der Waals surface area contributed by atoms with E-state index in [1.165, 1.54) is 0 Å². The van der Waals surface area contributed by atoms with Crippen molar-refractivity contribution >= 4 is 5.91 Å². The lowest BCUT2D eigenvalue weighted by Gasteiger charge is -2.42. The van der Waals surface area contributed by atoms with E-state index in [-0.39, 0.29) is 11.9 Å². The zero-order valence-electron chi connectivity index (χ0n) is 10.7. The Balaban J connectivity index is 2.31. The van der Waals surface area contributed by atoms with Crippen molar-refractivity contribution in [2.75, 3.05) is 19.6 Å². The molecule has 1 aliphatic heterocycles. The van der Waals surface area contributed by atoms with Gasteiger partial charge in [-0.2, -0.15) is 0 Å². The van der Waals surface area contributed by atoms with Crippen LogP contribution in [-0.2, 0) is 4.79 Å². The first-order valence-electron chi connectivity index (χ1n) is 6.36. The van der Waals surface area contributed by atoms with E-state index >= 15 is 0 Å². The van der Waals surface area contributed by atoms with Crippen molar-refractivity contribution in [3.05, 3.63) is 0 Å². The standard InChI is InChI=1S/C12H25N3O/c1-4-11(5-2)14-12(16)9(3)15-7-10(6-13)8-15/h9-11H,4-8,13H2,1-3H3,(H,14,16). The molecule has 1 saturated heterocycles. The van der Waals surface area contributed by atoms with Crippen LogP contribution in [0.3, 0.4) is 0 Å². The van der Waals surface area contributed by atoms with E-state index in [1.807, 2.05) is 6.92 Å². The number of nitrogens with two attached hydrogens (primary N) is 1. The van der Waals surface area contributed by atoms with Crippen LogP contribution in [0, 0.1) is 5.92 Å². The summed E-state index contributed by atoms with van der Waals surface area (Å²) in [4.78, 5) is 14.1. The van der Waals surface area contributed by atoms with Gasteiger partial charge in [-0.3, -0.25) is 9.69 Å². The highest BCUT2D eigenvalue weighted by Gasteiger charge is 2.32. The molecule has 0 radical (unpaired) electrons. The van der Waals surface area contributed by atoms with Crippen molar-refractivity contribution < 1.29 is 4.79 Å². The third kappa shape index (κ3) is 3.19. The number of nitrogens with one attached hydrogen (secondary N) is 1. The predicted molar refractivity (Wildman–Crippen MR) is 66.1 cm³/mol. The molecule has 4 nitrogen and oxygen atoms in total.